The maximum absolute atomic E-state index is 11.9. The van der Waals surface area contributed by atoms with Crippen LogP contribution in [0.3, 0.4) is 0 Å². The quantitative estimate of drug-likeness (QED) is 0.833. The number of nitrogens with zero attached hydrogens (tertiary/aromatic N) is 1. The number of carboxylic acids is 1. The van der Waals surface area contributed by atoms with Crippen LogP contribution in [-0.4, -0.2) is 34.3 Å². The topological polar surface area (TPSA) is 74.7 Å². The molecule has 92 valence electrons. The van der Waals surface area contributed by atoms with Crippen LogP contribution in [0.2, 0.25) is 5.02 Å². The fraction of sp³-hybridized carbons (Fsp3) is 0.0833. The van der Waals surface area contributed by atoms with Crippen LogP contribution in [0.5, 0.6) is 0 Å². The molecule has 0 spiro atoms. The second-order valence-electron chi connectivity index (χ2n) is 3.69. The number of benzene rings is 1. The van der Waals surface area contributed by atoms with Gasteiger partial charge in [-0.05, 0) is 17.7 Å². The Hall–Kier alpha value is -2.14. The number of carbonyl (C=O) groups excluding carboxylic acids is 2. The molecule has 0 saturated carbocycles. The molecule has 0 unspecified atom stereocenters. The Kier molecular flexibility index (Phi) is 3.16. The van der Waals surface area contributed by atoms with Gasteiger partial charge in [-0.3, -0.25) is 19.3 Å². The molecule has 5 nitrogen and oxygen atoms in total. The minimum Gasteiger partial charge on any atom is -0.480 e. The summed E-state index contributed by atoms with van der Waals surface area (Å²) in [7, 11) is 0. The lowest BCUT2D eigenvalue weighted by atomic mass is 10.1. The molecule has 0 aliphatic carbocycles. The predicted octanol–water partition coefficient (Wildman–Crippen LogP) is 1.18. The molecule has 0 saturated heterocycles. The first-order chi connectivity index (χ1) is 8.49. The van der Waals surface area contributed by atoms with Gasteiger partial charge in [0.15, 0.2) is 0 Å². The summed E-state index contributed by atoms with van der Waals surface area (Å²) in [5, 5.41) is 9.06. The van der Waals surface area contributed by atoms with Crippen molar-refractivity contribution in [3.8, 4) is 0 Å². The zero-order valence-electron chi connectivity index (χ0n) is 9.09. The van der Waals surface area contributed by atoms with Gasteiger partial charge in [-0.25, -0.2) is 0 Å². The first-order valence-corrected chi connectivity index (χ1v) is 5.42. The fourth-order valence-electron chi connectivity index (χ4n) is 1.66. The number of hydrogen-bond donors (Lipinski definition) is 1. The Labute approximate surface area is 107 Å². The van der Waals surface area contributed by atoms with Crippen molar-refractivity contribution in [2.75, 3.05) is 6.54 Å². The number of hydrogen-bond acceptors (Lipinski definition) is 3. The third-order valence-electron chi connectivity index (χ3n) is 2.44. The van der Waals surface area contributed by atoms with E-state index in [4.69, 9.17) is 16.7 Å². The number of aliphatic carboxylic acids is 1. The van der Waals surface area contributed by atoms with Crippen LogP contribution in [0.4, 0.5) is 0 Å². The number of halogens is 1. The molecule has 1 aromatic carbocycles. The van der Waals surface area contributed by atoms with E-state index >= 15 is 0 Å². The lowest BCUT2D eigenvalue weighted by molar-refractivity contribution is -0.147. The number of carboxylic acid groups (broad SMARTS) is 1. The molecular weight excluding hydrogens is 258 g/mol. The smallest absolute Gasteiger partial charge is 0.323 e. The summed E-state index contributed by atoms with van der Waals surface area (Å²) in [5.41, 5.74) is 0.650. The Bertz CT molecular complexity index is 579. The Balaban J connectivity index is 2.32. The largest absolute Gasteiger partial charge is 0.480 e. The number of carbonyl (C=O) groups is 3. The lowest BCUT2D eigenvalue weighted by Gasteiger charge is -2.11. The van der Waals surface area contributed by atoms with Gasteiger partial charge in [0.1, 0.15) is 6.54 Å². The van der Waals surface area contributed by atoms with Crippen molar-refractivity contribution in [2.24, 2.45) is 0 Å². The Morgan fingerprint density at radius 2 is 2.06 bits per heavy atom. The lowest BCUT2D eigenvalue weighted by Crippen LogP contribution is -2.35. The molecule has 0 atom stereocenters. The van der Waals surface area contributed by atoms with Crippen LogP contribution in [0.1, 0.15) is 5.56 Å². The van der Waals surface area contributed by atoms with E-state index in [0.29, 0.717) is 15.5 Å². The summed E-state index contributed by atoms with van der Waals surface area (Å²) in [5.74, 6) is -2.49. The molecule has 2 amide bonds. The van der Waals surface area contributed by atoms with Crippen LogP contribution >= 0.6 is 11.6 Å². The van der Waals surface area contributed by atoms with Gasteiger partial charge in [-0.15, -0.1) is 0 Å². The molecule has 2 rings (SSSR count). The van der Waals surface area contributed by atoms with E-state index in [9.17, 15) is 14.4 Å². The second kappa shape index (κ2) is 4.62. The van der Waals surface area contributed by atoms with Gasteiger partial charge >= 0.3 is 5.97 Å². The van der Waals surface area contributed by atoms with E-state index in [1.807, 2.05) is 0 Å². The van der Waals surface area contributed by atoms with E-state index in [2.05, 4.69) is 0 Å². The summed E-state index contributed by atoms with van der Waals surface area (Å²) >= 11 is 5.80. The van der Waals surface area contributed by atoms with Gasteiger partial charge in [-0.2, -0.15) is 0 Å². The minimum atomic E-state index is -1.24. The van der Waals surface area contributed by atoms with Gasteiger partial charge in [0.25, 0.3) is 11.8 Å². The fourth-order valence-corrected chi connectivity index (χ4v) is 1.85. The first kappa shape index (κ1) is 12.3. The van der Waals surface area contributed by atoms with Crippen LogP contribution in [0, 0.1) is 0 Å². The van der Waals surface area contributed by atoms with Crippen LogP contribution in [0.25, 0.3) is 5.57 Å². The number of imide groups is 1. The third kappa shape index (κ3) is 2.26. The molecule has 1 aliphatic rings. The standard InChI is InChI=1S/C12H8ClNO4/c13-8-3-1-2-7(4-8)9-5-10(15)14(12(9)18)6-11(16)17/h1-5H,6H2,(H,16,17). The zero-order chi connectivity index (χ0) is 13.3. The molecular formula is C12H8ClNO4. The SMILES string of the molecule is O=C(O)CN1C(=O)C=C(c2cccc(Cl)c2)C1=O. The van der Waals surface area contributed by atoms with Crippen molar-refractivity contribution >= 4 is 35.0 Å². The van der Waals surface area contributed by atoms with E-state index in [1.54, 1.807) is 24.3 Å². The second-order valence-corrected chi connectivity index (χ2v) is 4.13. The summed E-state index contributed by atoms with van der Waals surface area (Å²) in [4.78, 5) is 34.6. The van der Waals surface area contributed by atoms with E-state index in [1.165, 1.54) is 0 Å². The normalized spacial score (nSPS) is 14.9. The van der Waals surface area contributed by atoms with E-state index in [0.717, 1.165) is 6.08 Å². The molecule has 6 heteroatoms. The Morgan fingerprint density at radius 1 is 1.33 bits per heavy atom. The zero-order valence-corrected chi connectivity index (χ0v) is 9.85. The molecule has 0 radical (unpaired) electrons. The van der Waals surface area contributed by atoms with Crippen molar-refractivity contribution in [3.05, 3.63) is 40.9 Å². The van der Waals surface area contributed by atoms with Gasteiger partial charge < -0.3 is 5.11 Å². The highest BCUT2D eigenvalue weighted by atomic mass is 35.5. The van der Waals surface area contributed by atoms with E-state index in [-0.39, 0.29) is 5.57 Å². The van der Waals surface area contributed by atoms with Crippen LogP contribution < -0.4 is 0 Å². The Morgan fingerprint density at radius 3 is 2.67 bits per heavy atom. The van der Waals surface area contributed by atoms with Crippen molar-refractivity contribution in [2.45, 2.75) is 0 Å². The number of amides is 2. The molecule has 0 bridgehead atoms. The molecule has 1 heterocycles. The van der Waals surface area contributed by atoms with Gasteiger partial charge in [0.05, 0.1) is 5.57 Å². The molecule has 0 aromatic heterocycles. The van der Waals surface area contributed by atoms with Gasteiger partial charge in [0, 0.05) is 11.1 Å². The molecule has 1 aromatic rings. The maximum Gasteiger partial charge on any atom is 0.323 e. The van der Waals surface area contributed by atoms with Crippen molar-refractivity contribution in [1.29, 1.82) is 0 Å². The summed E-state index contributed by atoms with van der Waals surface area (Å²) < 4.78 is 0. The number of rotatable bonds is 3. The summed E-state index contributed by atoms with van der Waals surface area (Å²) in [6.45, 7) is -0.641. The summed E-state index contributed by atoms with van der Waals surface area (Å²) in [6.07, 6.45) is 1.12. The highest BCUT2D eigenvalue weighted by molar-refractivity contribution is 6.35. The van der Waals surface area contributed by atoms with Gasteiger partial charge in [0.2, 0.25) is 0 Å². The average Bonchev–Trinajstić information content (AvgIpc) is 2.56. The van der Waals surface area contributed by atoms with Crippen molar-refractivity contribution < 1.29 is 19.5 Å². The maximum atomic E-state index is 11.9. The molecule has 18 heavy (non-hydrogen) atoms. The van der Waals surface area contributed by atoms with Crippen LogP contribution in [0.15, 0.2) is 30.3 Å². The average molecular weight is 266 g/mol. The molecule has 1 aliphatic heterocycles. The molecule has 1 N–H and O–H groups in total. The first-order valence-electron chi connectivity index (χ1n) is 5.04. The third-order valence-corrected chi connectivity index (χ3v) is 2.67. The van der Waals surface area contributed by atoms with Crippen molar-refractivity contribution in [1.82, 2.24) is 4.90 Å². The highest BCUT2D eigenvalue weighted by Crippen LogP contribution is 2.25. The monoisotopic (exact) mass is 265 g/mol. The highest BCUT2D eigenvalue weighted by Gasteiger charge is 2.33. The van der Waals surface area contributed by atoms with E-state index < -0.39 is 24.3 Å². The van der Waals surface area contributed by atoms with Crippen LogP contribution in [-0.2, 0) is 14.4 Å². The van der Waals surface area contributed by atoms with Gasteiger partial charge in [-0.1, -0.05) is 23.7 Å². The molecule has 0 fully saturated rings. The minimum absolute atomic E-state index is 0.156. The summed E-state index contributed by atoms with van der Waals surface area (Å²) in [6, 6.07) is 6.47. The van der Waals surface area contributed by atoms with Crippen molar-refractivity contribution in [3.63, 3.8) is 0 Å². The predicted molar refractivity (Wildman–Crippen MR) is 63.8 cm³/mol.